The third-order valence-corrected chi connectivity index (χ3v) is 8.14. The Morgan fingerprint density at radius 1 is 0.688 bits per heavy atom. The van der Waals surface area contributed by atoms with Crippen molar-refractivity contribution in [2.24, 2.45) is 0 Å². The van der Waals surface area contributed by atoms with Crippen LogP contribution in [0.3, 0.4) is 0 Å². The molecule has 9 heteroatoms. The lowest BCUT2D eigenvalue weighted by Gasteiger charge is -2.19. The van der Waals surface area contributed by atoms with Gasteiger partial charge in [-0.05, 0) is 78.1 Å². The third kappa shape index (κ3) is 6.90. The number of nitrogens with zero attached hydrogens (tertiary/aromatic N) is 2. The molecule has 6 nitrogen and oxygen atoms in total. The molecule has 2 aromatic heterocycles. The fourth-order valence-electron chi connectivity index (χ4n) is 5.62. The van der Waals surface area contributed by atoms with Crippen molar-refractivity contribution in [3.05, 3.63) is 142 Å². The average Bonchev–Trinajstić information content (AvgIpc) is 3.04. The minimum atomic E-state index is -4.68. The average molecular weight is 647 g/mol. The third-order valence-electron chi connectivity index (χ3n) is 8.14. The number of pyridine rings is 2. The van der Waals surface area contributed by atoms with Gasteiger partial charge in [0.1, 0.15) is 0 Å². The molecule has 0 aliphatic rings. The second-order valence-electron chi connectivity index (χ2n) is 12.8. The van der Waals surface area contributed by atoms with Gasteiger partial charge < -0.3 is 10.6 Å². The van der Waals surface area contributed by atoms with Crippen molar-refractivity contribution in [3.63, 3.8) is 0 Å². The monoisotopic (exact) mass is 646 g/mol. The molecule has 0 saturated heterocycles. The molecule has 2 heterocycles. The zero-order chi connectivity index (χ0) is 34.2. The van der Waals surface area contributed by atoms with Crippen LogP contribution < -0.4 is 10.6 Å². The summed E-state index contributed by atoms with van der Waals surface area (Å²) < 4.78 is 40.8. The highest BCUT2D eigenvalue weighted by Crippen LogP contribution is 2.33. The summed E-state index contributed by atoms with van der Waals surface area (Å²) >= 11 is 0. The summed E-state index contributed by atoms with van der Waals surface area (Å²) in [5, 5.41) is 7.24. The molecular formula is C39H33F3N4O2. The zero-order valence-electron chi connectivity index (χ0n) is 26.9. The van der Waals surface area contributed by atoms with E-state index >= 15 is 0 Å². The van der Waals surface area contributed by atoms with Crippen molar-refractivity contribution in [1.82, 2.24) is 9.97 Å². The summed E-state index contributed by atoms with van der Waals surface area (Å²) in [7, 11) is 0. The van der Waals surface area contributed by atoms with Gasteiger partial charge in [-0.3, -0.25) is 19.6 Å². The van der Waals surface area contributed by atoms with Crippen LogP contribution in [0.25, 0.3) is 21.8 Å². The Bertz CT molecular complexity index is 2190. The Labute approximate surface area is 276 Å². The van der Waals surface area contributed by atoms with Gasteiger partial charge >= 0.3 is 6.18 Å². The van der Waals surface area contributed by atoms with Crippen molar-refractivity contribution >= 4 is 45.0 Å². The Hall–Kier alpha value is -5.57. The van der Waals surface area contributed by atoms with E-state index < -0.39 is 23.2 Å². The Kier molecular flexibility index (Phi) is 8.47. The highest BCUT2D eigenvalue weighted by molar-refractivity contribution is 6.10. The molecule has 6 rings (SSSR count). The fraction of sp³-hybridized carbons (Fsp3) is 0.179. The van der Waals surface area contributed by atoms with E-state index in [4.69, 9.17) is 9.97 Å². The second kappa shape index (κ2) is 12.6. The quantitative estimate of drug-likeness (QED) is 0.189. The van der Waals surface area contributed by atoms with E-state index in [0.29, 0.717) is 45.5 Å². The van der Waals surface area contributed by atoms with Gasteiger partial charge in [0.2, 0.25) is 0 Å². The molecular weight excluding hydrogens is 613 g/mol. The number of amides is 2. The molecule has 0 saturated carbocycles. The van der Waals surface area contributed by atoms with Crippen LogP contribution in [-0.2, 0) is 18.0 Å². The number of carbonyl (C=O) groups excluding carboxylic acids is 2. The maximum Gasteiger partial charge on any atom is 0.417 e. The van der Waals surface area contributed by atoms with Gasteiger partial charge in [0, 0.05) is 34.1 Å². The molecule has 242 valence electrons. The lowest BCUT2D eigenvalue weighted by atomic mass is 9.86. The van der Waals surface area contributed by atoms with Crippen LogP contribution in [0.2, 0.25) is 0 Å². The molecule has 4 aromatic carbocycles. The van der Waals surface area contributed by atoms with E-state index in [1.165, 1.54) is 12.1 Å². The summed E-state index contributed by atoms with van der Waals surface area (Å²) in [5.74, 6) is -1.14. The number of hydrogen-bond acceptors (Lipinski definition) is 4. The van der Waals surface area contributed by atoms with E-state index in [1.807, 2.05) is 73.7 Å². The highest BCUT2D eigenvalue weighted by atomic mass is 19.4. The van der Waals surface area contributed by atoms with Crippen LogP contribution in [0.4, 0.5) is 24.5 Å². The first-order valence-corrected chi connectivity index (χ1v) is 15.4. The first kappa shape index (κ1) is 32.4. The van der Waals surface area contributed by atoms with Crippen LogP contribution in [-0.4, -0.2) is 21.8 Å². The van der Waals surface area contributed by atoms with E-state index in [9.17, 15) is 22.8 Å². The van der Waals surface area contributed by atoms with E-state index in [0.717, 1.165) is 34.3 Å². The van der Waals surface area contributed by atoms with Gasteiger partial charge in [-0.2, -0.15) is 13.2 Å². The number of aromatic nitrogens is 2. The second-order valence-corrected chi connectivity index (χ2v) is 12.8. The largest absolute Gasteiger partial charge is 0.417 e. The van der Waals surface area contributed by atoms with Crippen LogP contribution in [0.1, 0.15) is 69.6 Å². The summed E-state index contributed by atoms with van der Waals surface area (Å²) in [6, 6.07) is 28.8. The number of rotatable bonds is 6. The molecule has 0 radical (unpaired) electrons. The number of anilines is 2. The Morgan fingerprint density at radius 2 is 1.38 bits per heavy atom. The molecule has 6 aromatic rings. The maximum absolute atomic E-state index is 13.6. The standard InChI is InChI=1S/C39H33F3N4O2/c1-23-12-13-27-20-24(22-33(35(27)43-23)46-36(47)26-14-17-28(18-15-26)38(2,3)4)21-29-19-16-25-8-7-11-32(34(25)44-29)45-37(48)30-9-5-6-10-31(30)39(40,41)42/h5-20,22H,21H2,1-4H3,(H,45,48)(H,46,47). The molecule has 0 atom stereocenters. The number of alkyl halides is 3. The fourth-order valence-corrected chi connectivity index (χ4v) is 5.62. The number of para-hydroxylation sites is 1. The van der Waals surface area contributed by atoms with E-state index in [2.05, 4.69) is 31.4 Å². The van der Waals surface area contributed by atoms with E-state index in [-0.39, 0.29) is 11.3 Å². The summed E-state index contributed by atoms with van der Waals surface area (Å²) in [6.07, 6.45) is -4.30. The highest BCUT2D eigenvalue weighted by Gasteiger charge is 2.35. The van der Waals surface area contributed by atoms with Crippen LogP contribution in [0.15, 0.2) is 103 Å². The molecule has 48 heavy (non-hydrogen) atoms. The van der Waals surface area contributed by atoms with Crippen LogP contribution in [0.5, 0.6) is 0 Å². The number of aryl methyl sites for hydroxylation is 1. The van der Waals surface area contributed by atoms with Crippen molar-refractivity contribution in [1.29, 1.82) is 0 Å². The molecule has 0 bridgehead atoms. The number of nitrogens with one attached hydrogen (secondary N) is 2. The predicted octanol–water partition coefficient (Wildman–Crippen LogP) is 9.50. The summed E-state index contributed by atoms with van der Waals surface area (Å²) in [4.78, 5) is 35.9. The SMILES string of the molecule is Cc1ccc2cc(Cc3ccc4cccc(NC(=O)c5ccccc5C(F)(F)F)c4n3)cc(NC(=O)c3ccc(C(C)(C)C)cc3)c2n1. The lowest BCUT2D eigenvalue weighted by Crippen LogP contribution is -2.18. The number of hydrogen-bond donors (Lipinski definition) is 2. The minimum absolute atomic E-state index is 0.0390. The molecule has 0 aliphatic carbocycles. The molecule has 0 unspecified atom stereocenters. The van der Waals surface area contributed by atoms with Gasteiger partial charge in [-0.25, -0.2) is 0 Å². The number of fused-ring (bicyclic) bond motifs is 2. The number of halogens is 3. The number of carbonyl (C=O) groups is 2. The van der Waals surface area contributed by atoms with Gasteiger partial charge in [-0.1, -0.05) is 69.3 Å². The molecule has 2 N–H and O–H groups in total. The van der Waals surface area contributed by atoms with Crippen molar-refractivity contribution in [2.45, 2.75) is 45.7 Å². The predicted molar refractivity (Wildman–Crippen MR) is 184 cm³/mol. The van der Waals surface area contributed by atoms with E-state index in [1.54, 1.807) is 12.1 Å². The van der Waals surface area contributed by atoms with Crippen LogP contribution >= 0.6 is 0 Å². The smallest absolute Gasteiger partial charge is 0.320 e. The van der Waals surface area contributed by atoms with Crippen molar-refractivity contribution in [2.75, 3.05) is 10.6 Å². The van der Waals surface area contributed by atoms with Gasteiger partial charge in [-0.15, -0.1) is 0 Å². The molecule has 0 spiro atoms. The molecule has 0 aliphatic heterocycles. The van der Waals surface area contributed by atoms with Crippen LogP contribution in [0, 0.1) is 6.92 Å². The first-order valence-electron chi connectivity index (χ1n) is 15.4. The summed E-state index contributed by atoms with van der Waals surface area (Å²) in [6.45, 7) is 8.24. The van der Waals surface area contributed by atoms with Gasteiger partial charge in [0.05, 0.1) is 33.5 Å². The Balaban J connectivity index is 1.31. The van der Waals surface area contributed by atoms with Gasteiger partial charge in [0.25, 0.3) is 11.8 Å². The maximum atomic E-state index is 13.6. The molecule has 0 fully saturated rings. The molecule has 2 amide bonds. The van der Waals surface area contributed by atoms with Crippen molar-refractivity contribution in [3.8, 4) is 0 Å². The lowest BCUT2D eigenvalue weighted by molar-refractivity contribution is -0.137. The topological polar surface area (TPSA) is 84.0 Å². The normalized spacial score (nSPS) is 11.9. The summed E-state index contributed by atoms with van der Waals surface area (Å²) in [5.41, 5.74) is 4.42. The van der Waals surface area contributed by atoms with Crippen molar-refractivity contribution < 1.29 is 22.8 Å². The van der Waals surface area contributed by atoms with Gasteiger partial charge in [0.15, 0.2) is 0 Å². The number of benzene rings is 4. The Morgan fingerprint density at radius 3 is 2.10 bits per heavy atom. The zero-order valence-corrected chi connectivity index (χ0v) is 26.9. The minimum Gasteiger partial charge on any atom is -0.320 e. The first-order chi connectivity index (χ1) is 22.8.